The standard InChI is InChI=1S/C19H28N2O3/c1-23-18(22)19(9-13-24-14-10-19)15-20-16-7-11-21(12-8-16)17-5-3-2-4-6-17/h2-6,16,20H,7-15H2,1H3. The van der Waals surface area contributed by atoms with Gasteiger partial charge in [0.25, 0.3) is 0 Å². The van der Waals surface area contributed by atoms with Crippen molar-refractivity contribution in [3.63, 3.8) is 0 Å². The first-order valence-electron chi connectivity index (χ1n) is 8.93. The van der Waals surface area contributed by atoms with Gasteiger partial charge in [0.15, 0.2) is 0 Å². The number of hydrogen-bond acceptors (Lipinski definition) is 5. The highest BCUT2D eigenvalue weighted by atomic mass is 16.5. The number of benzene rings is 1. The lowest BCUT2D eigenvalue weighted by molar-refractivity contribution is -0.158. The summed E-state index contributed by atoms with van der Waals surface area (Å²) < 4.78 is 10.5. The van der Waals surface area contributed by atoms with Gasteiger partial charge in [-0.1, -0.05) is 18.2 Å². The molecule has 1 N–H and O–H groups in total. The van der Waals surface area contributed by atoms with Crippen molar-refractivity contribution in [2.45, 2.75) is 31.7 Å². The van der Waals surface area contributed by atoms with Crippen molar-refractivity contribution in [2.24, 2.45) is 5.41 Å². The number of ether oxygens (including phenoxy) is 2. The van der Waals surface area contributed by atoms with E-state index in [0.29, 0.717) is 25.8 Å². The van der Waals surface area contributed by atoms with E-state index in [9.17, 15) is 4.79 Å². The minimum Gasteiger partial charge on any atom is -0.469 e. The fraction of sp³-hybridized carbons (Fsp3) is 0.632. The van der Waals surface area contributed by atoms with Gasteiger partial charge in [0, 0.05) is 44.6 Å². The Morgan fingerprint density at radius 1 is 1.25 bits per heavy atom. The zero-order valence-electron chi connectivity index (χ0n) is 14.5. The number of esters is 1. The van der Waals surface area contributed by atoms with E-state index in [2.05, 4.69) is 40.5 Å². The molecule has 2 saturated heterocycles. The van der Waals surface area contributed by atoms with Crippen molar-refractivity contribution in [1.29, 1.82) is 0 Å². The van der Waals surface area contributed by atoms with Crippen molar-refractivity contribution >= 4 is 11.7 Å². The molecule has 5 nitrogen and oxygen atoms in total. The van der Waals surface area contributed by atoms with E-state index in [-0.39, 0.29) is 5.97 Å². The molecular formula is C19H28N2O3. The van der Waals surface area contributed by atoms with Crippen LogP contribution in [0.15, 0.2) is 30.3 Å². The largest absolute Gasteiger partial charge is 0.469 e. The van der Waals surface area contributed by atoms with Gasteiger partial charge in [0.1, 0.15) is 0 Å². The van der Waals surface area contributed by atoms with Gasteiger partial charge in [-0.3, -0.25) is 4.79 Å². The quantitative estimate of drug-likeness (QED) is 0.838. The van der Waals surface area contributed by atoms with Crippen LogP contribution in [-0.2, 0) is 14.3 Å². The summed E-state index contributed by atoms with van der Waals surface area (Å²) >= 11 is 0. The average molecular weight is 332 g/mol. The third-order valence-electron chi connectivity index (χ3n) is 5.41. The van der Waals surface area contributed by atoms with Crippen LogP contribution in [0.25, 0.3) is 0 Å². The van der Waals surface area contributed by atoms with Crippen LogP contribution < -0.4 is 10.2 Å². The van der Waals surface area contributed by atoms with Gasteiger partial charge in [-0.05, 0) is 37.8 Å². The van der Waals surface area contributed by atoms with Crippen molar-refractivity contribution < 1.29 is 14.3 Å². The maximum Gasteiger partial charge on any atom is 0.313 e. The van der Waals surface area contributed by atoms with Gasteiger partial charge < -0.3 is 19.7 Å². The summed E-state index contributed by atoms with van der Waals surface area (Å²) in [5.74, 6) is -0.0972. The SMILES string of the molecule is COC(=O)C1(CNC2CCN(c3ccccc3)CC2)CCOCC1. The molecule has 3 rings (SSSR count). The van der Waals surface area contributed by atoms with E-state index in [4.69, 9.17) is 9.47 Å². The number of nitrogens with zero attached hydrogens (tertiary/aromatic N) is 1. The second kappa shape index (κ2) is 7.99. The third-order valence-corrected chi connectivity index (χ3v) is 5.41. The highest BCUT2D eigenvalue weighted by molar-refractivity contribution is 5.77. The molecule has 0 radical (unpaired) electrons. The van der Waals surface area contributed by atoms with E-state index >= 15 is 0 Å². The van der Waals surface area contributed by atoms with Gasteiger partial charge in [0.2, 0.25) is 0 Å². The van der Waals surface area contributed by atoms with Crippen LogP contribution in [0, 0.1) is 5.41 Å². The van der Waals surface area contributed by atoms with Crippen molar-refractivity contribution in [3.8, 4) is 0 Å². The molecule has 24 heavy (non-hydrogen) atoms. The van der Waals surface area contributed by atoms with Crippen molar-refractivity contribution in [2.75, 3.05) is 44.9 Å². The fourth-order valence-corrected chi connectivity index (χ4v) is 3.75. The zero-order chi connectivity index (χ0) is 16.8. The molecule has 2 heterocycles. The van der Waals surface area contributed by atoms with Gasteiger partial charge in [-0.25, -0.2) is 0 Å². The summed E-state index contributed by atoms with van der Waals surface area (Å²) in [6, 6.07) is 11.0. The Bertz CT molecular complexity index is 521. The van der Waals surface area contributed by atoms with Crippen LogP contribution in [0.4, 0.5) is 5.69 Å². The van der Waals surface area contributed by atoms with Crippen LogP contribution in [0.1, 0.15) is 25.7 Å². The van der Waals surface area contributed by atoms with E-state index in [1.54, 1.807) is 0 Å². The number of rotatable bonds is 5. The number of carbonyl (C=O) groups is 1. The summed E-state index contributed by atoms with van der Waals surface area (Å²) in [6.45, 7) is 4.08. The lowest BCUT2D eigenvalue weighted by Gasteiger charge is -2.38. The van der Waals surface area contributed by atoms with Gasteiger partial charge >= 0.3 is 5.97 Å². The van der Waals surface area contributed by atoms with E-state index in [1.165, 1.54) is 12.8 Å². The third kappa shape index (κ3) is 3.90. The minimum atomic E-state index is -0.413. The average Bonchev–Trinajstić information content (AvgIpc) is 2.67. The minimum absolute atomic E-state index is 0.0972. The first-order valence-corrected chi connectivity index (χ1v) is 8.93. The van der Waals surface area contributed by atoms with Crippen molar-refractivity contribution in [1.82, 2.24) is 5.32 Å². The lowest BCUT2D eigenvalue weighted by atomic mass is 9.79. The highest BCUT2D eigenvalue weighted by Gasteiger charge is 2.41. The summed E-state index contributed by atoms with van der Waals surface area (Å²) in [7, 11) is 1.48. The smallest absolute Gasteiger partial charge is 0.313 e. The molecule has 1 aromatic rings. The highest BCUT2D eigenvalue weighted by Crippen LogP contribution is 2.32. The predicted octanol–water partition coefficient (Wildman–Crippen LogP) is 2.21. The maximum absolute atomic E-state index is 12.3. The molecule has 0 unspecified atom stereocenters. The topological polar surface area (TPSA) is 50.8 Å². The lowest BCUT2D eigenvalue weighted by Crippen LogP contribution is -2.50. The van der Waals surface area contributed by atoms with Crippen LogP contribution in [-0.4, -0.2) is 52.0 Å². The first kappa shape index (κ1) is 17.2. The first-order chi connectivity index (χ1) is 11.7. The van der Waals surface area contributed by atoms with E-state index in [1.807, 2.05) is 0 Å². The second-order valence-electron chi connectivity index (χ2n) is 6.86. The van der Waals surface area contributed by atoms with Gasteiger partial charge in [-0.15, -0.1) is 0 Å². The van der Waals surface area contributed by atoms with E-state index in [0.717, 1.165) is 38.8 Å². The molecule has 2 aliphatic heterocycles. The monoisotopic (exact) mass is 332 g/mol. The van der Waals surface area contributed by atoms with Crippen molar-refractivity contribution in [3.05, 3.63) is 30.3 Å². The number of piperidine rings is 1. The summed E-state index contributed by atoms with van der Waals surface area (Å²) in [5.41, 5.74) is 0.884. The number of methoxy groups -OCH3 is 1. The molecule has 2 aliphatic rings. The number of para-hydroxylation sites is 1. The molecule has 2 fully saturated rings. The summed E-state index contributed by atoms with van der Waals surface area (Å²) in [6.07, 6.45) is 3.69. The van der Waals surface area contributed by atoms with Gasteiger partial charge in [-0.2, -0.15) is 0 Å². The molecule has 132 valence electrons. The van der Waals surface area contributed by atoms with Crippen LogP contribution in [0.2, 0.25) is 0 Å². The fourth-order valence-electron chi connectivity index (χ4n) is 3.75. The predicted molar refractivity (Wildman–Crippen MR) is 94.2 cm³/mol. The Labute approximate surface area is 144 Å². The molecule has 0 spiro atoms. The molecule has 1 aromatic carbocycles. The molecule has 0 atom stereocenters. The number of hydrogen-bond donors (Lipinski definition) is 1. The molecule has 0 bridgehead atoms. The molecule has 0 saturated carbocycles. The Kier molecular flexibility index (Phi) is 5.74. The summed E-state index contributed by atoms with van der Waals surface area (Å²) in [4.78, 5) is 14.7. The van der Waals surface area contributed by atoms with Crippen LogP contribution in [0.5, 0.6) is 0 Å². The van der Waals surface area contributed by atoms with Crippen LogP contribution in [0.3, 0.4) is 0 Å². The number of carbonyl (C=O) groups excluding carboxylic acids is 1. The molecule has 5 heteroatoms. The Hall–Kier alpha value is -1.59. The van der Waals surface area contributed by atoms with Gasteiger partial charge in [0.05, 0.1) is 12.5 Å². The van der Waals surface area contributed by atoms with Crippen LogP contribution >= 0.6 is 0 Å². The molecule has 0 amide bonds. The number of nitrogens with one attached hydrogen (secondary N) is 1. The molecular weight excluding hydrogens is 304 g/mol. The zero-order valence-corrected chi connectivity index (χ0v) is 14.5. The Morgan fingerprint density at radius 3 is 2.54 bits per heavy atom. The number of anilines is 1. The molecule has 0 aliphatic carbocycles. The second-order valence-corrected chi connectivity index (χ2v) is 6.86. The van der Waals surface area contributed by atoms with E-state index < -0.39 is 5.41 Å². The Balaban J connectivity index is 1.51. The Morgan fingerprint density at radius 2 is 1.92 bits per heavy atom. The normalized spacial score (nSPS) is 21.5. The maximum atomic E-state index is 12.3. The summed E-state index contributed by atoms with van der Waals surface area (Å²) in [5, 5.41) is 3.64. The molecule has 0 aromatic heterocycles.